The first-order valence-electron chi connectivity index (χ1n) is 10.2. The lowest BCUT2D eigenvalue weighted by atomic mass is 9.83. The Bertz CT molecular complexity index is 1020. The molecule has 1 aromatic heterocycles. The number of aryl methyl sites for hydroxylation is 1. The zero-order valence-corrected chi connectivity index (χ0v) is 17.2. The standard InChI is InChI=1S/C21H24F3N5O2/c1-11-18(12(2)29(28-11)16-5-3-4-14(9-16)21(22,23)24)19(30)20(31)26-15-6-7-17-13(8-15)10-25-27-17/h3-5,9,13,15,17,25,27H,6-8,10H2,1-2H3,(H,26,31). The Morgan fingerprint density at radius 3 is 2.74 bits per heavy atom. The number of ketones is 1. The number of rotatable bonds is 4. The average Bonchev–Trinajstić information content (AvgIpc) is 3.30. The Morgan fingerprint density at radius 2 is 2.00 bits per heavy atom. The number of nitrogens with zero attached hydrogens (tertiary/aromatic N) is 2. The monoisotopic (exact) mass is 435 g/mol. The molecule has 1 aliphatic heterocycles. The van der Waals surface area contributed by atoms with Gasteiger partial charge >= 0.3 is 6.18 Å². The molecule has 2 heterocycles. The molecule has 0 spiro atoms. The van der Waals surface area contributed by atoms with Crippen LogP contribution in [0.4, 0.5) is 13.2 Å². The Balaban J connectivity index is 1.53. The summed E-state index contributed by atoms with van der Waals surface area (Å²) < 4.78 is 40.5. The second kappa shape index (κ2) is 8.08. The van der Waals surface area contributed by atoms with Gasteiger partial charge in [-0.15, -0.1) is 0 Å². The van der Waals surface area contributed by atoms with Crippen LogP contribution in [0.3, 0.4) is 0 Å². The summed E-state index contributed by atoms with van der Waals surface area (Å²) in [5.74, 6) is -1.03. The van der Waals surface area contributed by atoms with Gasteiger partial charge < -0.3 is 5.32 Å². The smallest absolute Gasteiger partial charge is 0.346 e. The van der Waals surface area contributed by atoms with Crippen molar-refractivity contribution in [2.45, 2.75) is 51.4 Å². The first kappa shape index (κ1) is 21.5. The lowest BCUT2D eigenvalue weighted by molar-refractivity contribution is -0.137. The van der Waals surface area contributed by atoms with E-state index in [4.69, 9.17) is 0 Å². The number of benzene rings is 1. The van der Waals surface area contributed by atoms with E-state index in [-0.39, 0.29) is 17.3 Å². The maximum atomic E-state index is 13.1. The van der Waals surface area contributed by atoms with Gasteiger partial charge in [-0.05, 0) is 57.2 Å². The number of Topliss-reactive ketones (excluding diaryl/α,β-unsaturated/α-hetero) is 1. The lowest BCUT2D eigenvalue weighted by Crippen LogP contribution is -2.46. The summed E-state index contributed by atoms with van der Waals surface area (Å²) in [5, 5.41) is 7.06. The summed E-state index contributed by atoms with van der Waals surface area (Å²) in [6, 6.07) is 5.00. The number of fused-ring (bicyclic) bond motifs is 1. The van der Waals surface area contributed by atoms with E-state index >= 15 is 0 Å². The van der Waals surface area contributed by atoms with Crippen molar-refractivity contribution in [2.24, 2.45) is 5.92 Å². The third kappa shape index (κ3) is 4.22. The van der Waals surface area contributed by atoms with Gasteiger partial charge in [-0.25, -0.2) is 4.68 Å². The first-order valence-corrected chi connectivity index (χ1v) is 10.2. The first-order chi connectivity index (χ1) is 14.6. The summed E-state index contributed by atoms with van der Waals surface area (Å²) in [4.78, 5) is 25.6. The predicted octanol–water partition coefficient (Wildman–Crippen LogP) is 2.45. The van der Waals surface area contributed by atoms with Crippen LogP contribution in [0, 0.1) is 19.8 Å². The van der Waals surface area contributed by atoms with Gasteiger partial charge in [0.1, 0.15) is 0 Å². The second-order valence-corrected chi connectivity index (χ2v) is 8.21. The van der Waals surface area contributed by atoms with Gasteiger partial charge in [0, 0.05) is 18.6 Å². The van der Waals surface area contributed by atoms with Crippen LogP contribution in [0.5, 0.6) is 0 Å². The molecule has 1 aliphatic carbocycles. The molecule has 0 bridgehead atoms. The molecule has 2 fully saturated rings. The van der Waals surface area contributed by atoms with E-state index in [1.165, 1.54) is 16.8 Å². The van der Waals surface area contributed by atoms with Crippen LogP contribution in [0.15, 0.2) is 24.3 Å². The quantitative estimate of drug-likeness (QED) is 0.507. The molecule has 1 aromatic carbocycles. The molecule has 1 saturated carbocycles. The average molecular weight is 435 g/mol. The second-order valence-electron chi connectivity index (χ2n) is 8.21. The maximum absolute atomic E-state index is 13.1. The van der Waals surface area contributed by atoms with E-state index in [0.29, 0.717) is 23.3 Å². The highest BCUT2D eigenvalue weighted by molar-refractivity contribution is 6.43. The number of aromatic nitrogens is 2. The minimum absolute atomic E-state index is 0.0847. The molecule has 3 atom stereocenters. The number of halogens is 3. The Kier molecular flexibility index (Phi) is 5.61. The Hall–Kier alpha value is -2.72. The SMILES string of the molecule is Cc1nn(-c2cccc(C(F)(F)F)c2)c(C)c1C(=O)C(=O)NC1CCC2NNCC2C1. The van der Waals surface area contributed by atoms with E-state index in [9.17, 15) is 22.8 Å². The molecule has 31 heavy (non-hydrogen) atoms. The molecule has 2 aliphatic rings. The van der Waals surface area contributed by atoms with E-state index in [1.54, 1.807) is 13.8 Å². The van der Waals surface area contributed by atoms with Gasteiger partial charge in [-0.1, -0.05) is 6.07 Å². The van der Waals surface area contributed by atoms with Crippen molar-refractivity contribution in [3.63, 3.8) is 0 Å². The van der Waals surface area contributed by atoms with Crippen LogP contribution in [0.25, 0.3) is 5.69 Å². The normalized spacial score (nSPS) is 23.5. The maximum Gasteiger partial charge on any atom is 0.416 e. The van der Waals surface area contributed by atoms with Gasteiger partial charge in [0.2, 0.25) is 0 Å². The fraction of sp³-hybridized carbons (Fsp3) is 0.476. The van der Waals surface area contributed by atoms with Gasteiger partial charge in [-0.3, -0.25) is 20.4 Å². The molecule has 3 N–H and O–H groups in total. The number of hydrazine groups is 1. The summed E-state index contributed by atoms with van der Waals surface area (Å²) >= 11 is 0. The van der Waals surface area contributed by atoms with Crippen molar-refractivity contribution in [2.75, 3.05) is 6.54 Å². The highest BCUT2D eigenvalue weighted by Crippen LogP contribution is 2.31. The largest absolute Gasteiger partial charge is 0.416 e. The Labute approximate surface area is 177 Å². The van der Waals surface area contributed by atoms with Crippen molar-refractivity contribution in [1.82, 2.24) is 25.9 Å². The molecule has 3 unspecified atom stereocenters. The molecule has 10 heteroatoms. The minimum Gasteiger partial charge on any atom is -0.346 e. The molecule has 7 nitrogen and oxygen atoms in total. The third-order valence-corrected chi connectivity index (χ3v) is 6.11. The molecule has 1 saturated heterocycles. The van der Waals surface area contributed by atoms with E-state index < -0.39 is 23.4 Å². The number of alkyl halides is 3. The van der Waals surface area contributed by atoms with Gasteiger partial charge in [0.25, 0.3) is 11.7 Å². The summed E-state index contributed by atoms with van der Waals surface area (Å²) in [6.07, 6.45) is -2.03. The molecular weight excluding hydrogens is 411 g/mol. The minimum atomic E-state index is -4.49. The highest BCUT2D eigenvalue weighted by atomic mass is 19.4. The number of carbonyl (C=O) groups is 2. The van der Waals surface area contributed by atoms with E-state index in [1.807, 2.05) is 0 Å². The number of hydrogen-bond acceptors (Lipinski definition) is 5. The lowest BCUT2D eigenvalue weighted by Gasteiger charge is -2.31. The van der Waals surface area contributed by atoms with Crippen molar-refractivity contribution in [1.29, 1.82) is 0 Å². The van der Waals surface area contributed by atoms with Crippen LogP contribution in [0.2, 0.25) is 0 Å². The van der Waals surface area contributed by atoms with Crippen LogP contribution in [0.1, 0.15) is 46.6 Å². The molecular formula is C21H24F3N5O2. The van der Waals surface area contributed by atoms with Crippen molar-refractivity contribution < 1.29 is 22.8 Å². The number of nitrogens with one attached hydrogen (secondary N) is 3. The highest BCUT2D eigenvalue weighted by Gasteiger charge is 2.36. The molecule has 4 rings (SSSR count). The molecule has 0 radical (unpaired) electrons. The number of amides is 1. The van der Waals surface area contributed by atoms with E-state index in [2.05, 4.69) is 21.3 Å². The van der Waals surface area contributed by atoms with Gasteiger partial charge in [0.05, 0.1) is 28.2 Å². The zero-order valence-electron chi connectivity index (χ0n) is 17.2. The molecule has 1 amide bonds. The fourth-order valence-electron chi connectivity index (χ4n) is 4.53. The van der Waals surface area contributed by atoms with Crippen LogP contribution in [-0.4, -0.2) is 40.1 Å². The van der Waals surface area contributed by atoms with Crippen molar-refractivity contribution in [3.05, 3.63) is 46.8 Å². The van der Waals surface area contributed by atoms with Crippen molar-refractivity contribution >= 4 is 11.7 Å². The number of carbonyl (C=O) groups excluding carboxylic acids is 2. The summed E-state index contributed by atoms with van der Waals surface area (Å²) in [5.41, 5.74) is 6.44. The Morgan fingerprint density at radius 1 is 1.23 bits per heavy atom. The topological polar surface area (TPSA) is 88.0 Å². The predicted molar refractivity (Wildman–Crippen MR) is 107 cm³/mol. The third-order valence-electron chi connectivity index (χ3n) is 6.11. The van der Waals surface area contributed by atoms with Gasteiger partial charge in [0.15, 0.2) is 0 Å². The van der Waals surface area contributed by atoms with Crippen LogP contribution in [-0.2, 0) is 11.0 Å². The van der Waals surface area contributed by atoms with Crippen molar-refractivity contribution in [3.8, 4) is 5.69 Å². The molecule has 2 aromatic rings. The summed E-state index contributed by atoms with van der Waals surface area (Å²) in [6.45, 7) is 3.97. The van der Waals surface area contributed by atoms with Crippen LogP contribution < -0.4 is 16.2 Å². The molecule has 166 valence electrons. The fourth-order valence-corrected chi connectivity index (χ4v) is 4.53. The summed E-state index contributed by atoms with van der Waals surface area (Å²) in [7, 11) is 0. The van der Waals surface area contributed by atoms with E-state index in [0.717, 1.165) is 37.9 Å². The number of hydrogen-bond donors (Lipinski definition) is 3. The zero-order chi connectivity index (χ0) is 22.3. The van der Waals surface area contributed by atoms with Gasteiger partial charge in [-0.2, -0.15) is 18.3 Å². The van der Waals surface area contributed by atoms with Crippen LogP contribution >= 0.6 is 0 Å².